The van der Waals surface area contributed by atoms with Crippen molar-refractivity contribution in [2.75, 3.05) is 19.6 Å². The molecule has 3 nitrogen and oxygen atoms in total. The second kappa shape index (κ2) is 5.43. The first-order chi connectivity index (χ1) is 8.83. The molecular weight excluding hydrogens is 224 g/mol. The van der Waals surface area contributed by atoms with Gasteiger partial charge in [-0.05, 0) is 51.0 Å². The van der Waals surface area contributed by atoms with Gasteiger partial charge in [0.15, 0.2) is 0 Å². The van der Waals surface area contributed by atoms with Crippen LogP contribution in [0.5, 0.6) is 0 Å². The van der Waals surface area contributed by atoms with Crippen molar-refractivity contribution in [3.8, 4) is 0 Å². The maximum Gasteiger partial charge on any atom is 0.226 e. The van der Waals surface area contributed by atoms with Crippen LogP contribution in [0.3, 0.4) is 0 Å². The lowest BCUT2D eigenvalue weighted by molar-refractivity contribution is -0.135. The van der Waals surface area contributed by atoms with Gasteiger partial charge in [0.25, 0.3) is 0 Å². The number of hydrogen-bond donors (Lipinski definition) is 1. The van der Waals surface area contributed by atoms with Crippen molar-refractivity contribution in [1.29, 1.82) is 0 Å². The van der Waals surface area contributed by atoms with Crippen LogP contribution in [0.1, 0.15) is 38.5 Å². The van der Waals surface area contributed by atoms with E-state index in [9.17, 15) is 4.79 Å². The summed E-state index contributed by atoms with van der Waals surface area (Å²) in [6.07, 6.45) is 11.4. The molecule has 3 heteroatoms. The molecule has 0 aromatic heterocycles. The quantitative estimate of drug-likeness (QED) is 0.754. The van der Waals surface area contributed by atoms with Crippen molar-refractivity contribution in [2.24, 2.45) is 11.8 Å². The van der Waals surface area contributed by atoms with E-state index < -0.39 is 0 Å². The molecule has 0 radical (unpaired) electrons. The number of nitrogens with one attached hydrogen (secondary N) is 1. The summed E-state index contributed by atoms with van der Waals surface area (Å²) in [5, 5.41) is 3.52. The van der Waals surface area contributed by atoms with E-state index in [0.29, 0.717) is 11.9 Å². The third-order valence-electron chi connectivity index (χ3n) is 4.45. The van der Waals surface area contributed by atoms with Crippen molar-refractivity contribution >= 4 is 5.91 Å². The predicted molar refractivity (Wildman–Crippen MR) is 72.2 cm³/mol. The van der Waals surface area contributed by atoms with Crippen molar-refractivity contribution in [2.45, 2.75) is 44.6 Å². The van der Waals surface area contributed by atoms with E-state index >= 15 is 0 Å². The van der Waals surface area contributed by atoms with Gasteiger partial charge in [-0.2, -0.15) is 0 Å². The number of carbonyl (C=O) groups excluding carboxylic acids is 1. The Morgan fingerprint density at radius 2 is 1.94 bits per heavy atom. The molecule has 18 heavy (non-hydrogen) atoms. The van der Waals surface area contributed by atoms with Crippen LogP contribution in [0.15, 0.2) is 12.2 Å². The van der Waals surface area contributed by atoms with Crippen LogP contribution in [0, 0.1) is 11.8 Å². The number of rotatable bonds is 5. The Hall–Kier alpha value is -0.830. The lowest BCUT2D eigenvalue weighted by Gasteiger charge is -2.28. The van der Waals surface area contributed by atoms with Crippen LogP contribution in [0.4, 0.5) is 0 Å². The Bertz CT molecular complexity index is 321. The average Bonchev–Trinajstić information content (AvgIpc) is 2.88. The summed E-state index contributed by atoms with van der Waals surface area (Å²) in [6, 6.07) is 0.544. The maximum absolute atomic E-state index is 12.6. The minimum atomic E-state index is 0.241. The Labute approximate surface area is 110 Å². The maximum atomic E-state index is 12.6. The van der Waals surface area contributed by atoms with Gasteiger partial charge in [0.1, 0.15) is 0 Å². The summed E-state index contributed by atoms with van der Waals surface area (Å²) in [5.41, 5.74) is 0. The van der Waals surface area contributed by atoms with E-state index in [1.807, 2.05) is 0 Å². The third kappa shape index (κ3) is 2.94. The Morgan fingerprint density at radius 3 is 2.56 bits per heavy atom. The highest BCUT2D eigenvalue weighted by molar-refractivity contribution is 5.79. The SMILES string of the molecule is O=C(C1CC=CC1)N(CC1CC1)CC1CCCN1. The molecule has 2 aliphatic carbocycles. The molecule has 1 saturated carbocycles. The molecule has 1 heterocycles. The van der Waals surface area contributed by atoms with Gasteiger partial charge < -0.3 is 10.2 Å². The van der Waals surface area contributed by atoms with Gasteiger partial charge in [0.05, 0.1) is 0 Å². The molecule has 0 aromatic rings. The molecular formula is C15H24N2O. The number of amides is 1. The zero-order valence-corrected chi connectivity index (χ0v) is 11.1. The molecule has 1 atom stereocenters. The molecule has 1 amide bonds. The third-order valence-corrected chi connectivity index (χ3v) is 4.45. The first kappa shape index (κ1) is 12.2. The summed E-state index contributed by atoms with van der Waals surface area (Å²) in [6.45, 7) is 3.07. The Kier molecular flexibility index (Phi) is 3.69. The van der Waals surface area contributed by atoms with E-state index in [2.05, 4.69) is 22.4 Å². The number of carbonyl (C=O) groups is 1. The topological polar surface area (TPSA) is 32.3 Å². The fraction of sp³-hybridized carbons (Fsp3) is 0.800. The van der Waals surface area contributed by atoms with Gasteiger partial charge in [-0.1, -0.05) is 12.2 Å². The summed E-state index contributed by atoms with van der Waals surface area (Å²) < 4.78 is 0. The molecule has 1 unspecified atom stereocenters. The van der Waals surface area contributed by atoms with Gasteiger partial charge >= 0.3 is 0 Å². The van der Waals surface area contributed by atoms with Gasteiger partial charge in [0, 0.05) is 25.0 Å². The molecule has 100 valence electrons. The van der Waals surface area contributed by atoms with Crippen LogP contribution < -0.4 is 5.32 Å². The largest absolute Gasteiger partial charge is 0.341 e. The van der Waals surface area contributed by atoms with Crippen LogP contribution >= 0.6 is 0 Å². The fourth-order valence-electron chi connectivity index (χ4n) is 3.12. The fourth-order valence-corrected chi connectivity index (χ4v) is 3.12. The molecule has 0 bridgehead atoms. The predicted octanol–water partition coefficient (Wildman–Crippen LogP) is 1.94. The summed E-state index contributed by atoms with van der Waals surface area (Å²) in [5.74, 6) is 1.44. The highest BCUT2D eigenvalue weighted by Crippen LogP contribution is 2.31. The molecule has 1 N–H and O–H groups in total. The Balaban J connectivity index is 1.58. The van der Waals surface area contributed by atoms with E-state index in [4.69, 9.17) is 0 Å². The lowest BCUT2D eigenvalue weighted by atomic mass is 10.0. The number of nitrogens with zero attached hydrogens (tertiary/aromatic N) is 1. The second-order valence-electron chi connectivity index (χ2n) is 6.12. The minimum absolute atomic E-state index is 0.241. The zero-order valence-electron chi connectivity index (χ0n) is 11.1. The molecule has 3 aliphatic rings. The highest BCUT2D eigenvalue weighted by atomic mass is 16.2. The normalized spacial score (nSPS) is 27.9. The van der Waals surface area contributed by atoms with E-state index in [0.717, 1.165) is 38.4 Å². The van der Waals surface area contributed by atoms with Gasteiger partial charge in [-0.15, -0.1) is 0 Å². The summed E-state index contributed by atoms with van der Waals surface area (Å²) >= 11 is 0. The van der Waals surface area contributed by atoms with Crippen LogP contribution in [-0.4, -0.2) is 36.5 Å². The zero-order chi connectivity index (χ0) is 12.4. The van der Waals surface area contributed by atoms with Crippen molar-refractivity contribution in [3.05, 3.63) is 12.2 Å². The number of hydrogen-bond acceptors (Lipinski definition) is 2. The van der Waals surface area contributed by atoms with Crippen LogP contribution in [-0.2, 0) is 4.79 Å². The monoisotopic (exact) mass is 248 g/mol. The van der Waals surface area contributed by atoms with Gasteiger partial charge in [-0.25, -0.2) is 0 Å². The molecule has 1 aliphatic heterocycles. The summed E-state index contributed by atoms with van der Waals surface area (Å²) in [7, 11) is 0. The van der Waals surface area contributed by atoms with E-state index in [1.54, 1.807) is 0 Å². The lowest BCUT2D eigenvalue weighted by Crippen LogP contribution is -2.44. The highest BCUT2D eigenvalue weighted by Gasteiger charge is 2.32. The standard InChI is InChI=1S/C15H24N2O/c18-15(13-4-1-2-5-13)17(10-12-7-8-12)11-14-6-3-9-16-14/h1-2,12-14,16H,3-11H2. The average molecular weight is 248 g/mol. The summed E-state index contributed by atoms with van der Waals surface area (Å²) in [4.78, 5) is 14.7. The van der Waals surface area contributed by atoms with Gasteiger partial charge in [-0.3, -0.25) is 4.79 Å². The molecule has 0 spiro atoms. The molecule has 0 aromatic carbocycles. The van der Waals surface area contributed by atoms with E-state index in [-0.39, 0.29) is 5.92 Å². The molecule has 2 fully saturated rings. The number of allylic oxidation sites excluding steroid dienone is 2. The van der Waals surface area contributed by atoms with Crippen molar-refractivity contribution in [1.82, 2.24) is 10.2 Å². The van der Waals surface area contributed by atoms with Crippen molar-refractivity contribution in [3.63, 3.8) is 0 Å². The van der Waals surface area contributed by atoms with Crippen LogP contribution in [0.2, 0.25) is 0 Å². The molecule has 3 rings (SSSR count). The Morgan fingerprint density at radius 1 is 1.17 bits per heavy atom. The first-order valence-electron chi connectivity index (χ1n) is 7.50. The van der Waals surface area contributed by atoms with Crippen LogP contribution in [0.25, 0.3) is 0 Å². The first-order valence-corrected chi connectivity index (χ1v) is 7.50. The van der Waals surface area contributed by atoms with E-state index in [1.165, 1.54) is 25.7 Å². The molecule has 1 saturated heterocycles. The van der Waals surface area contributed by atoms with Crippen molar-refractivity contribution < 1.29 is 4.79 Å². The minimum Gasteiger partial charge on any atom is -0.341 e. The second-order valence-corrected chi connectivity index (χ2v) is 6.12. The van der Waals surface area contributed by atoms with Gasteiger partial charge in [0.2, 0.25) is 5.91 Å². The smallest absolute Gasteiger partial charge is 0.226 e.